The monoisotopic (exact) mass is 360 g/mol. The van der Waals surface area contributed by atoms with Crippen molar-refractivity contribution >= 4 is 17.5 Å². The fourth-order valence-corrected chi connectivity index (χ4v) is 4.37. The summed E-state index contributed by atoms with van der Waals surface area (Å²) in [4.78, 5) is 16.7. The number of likely N-dealkylation sites (tertiary alicyclic amines) is 2. The van der Waals surface area contributed by atoms with Gasteiger partial charge in [-0.05, 0) is 61.8 Å². The second-order valence-corrected chi connectivity index (χ2v) is 7.89. The molecule has 1 aromatic carbocycles. The van der Waals surface area contributed by atoms with Crippen LogP contribution < -0.4 is 0 Å². The van der Waals surface area contributed by atoms with Gasteiger partial charge in [0.25, 0.3) is 0 Å². The third-order valence-electron chi connectivity index (χ3n) is 5.75. The van der Waals surface area contributed by atoms with E-state index in [-0.39, 0.29) is 0 Å². The van der Waals surface area contributed by atoms with Crippen LogP contribution in [0.5, 0.6) is 0 Å². The highest BCUT2D eigenvalue weighted by atomic mass is 35.5. The summed E-state index contributed by atoms with van der Waals surface area (Å²) in [5.41, 5.74) is 1.34. The van der Waals surface area contributed by atoms with Gasteiger partial charge in [0.15, 0.2) is 0 Å². The maximum absolute atomic E-state index is 12.1. The molecule has 4 heteroatoms. The number of carbonyl (C=O) groups excluding carboxylic acids is 1. The molecule has 0 spiro atoms. The zero-order valence-electron chi connectivity index (χ0n) is 15.0. The number of nitrogens with zero attached hydrogens (tertiary/aromatic N) is 2. The van der Waals surface area contributed by atoms with Crippen LogP contribution in [0.1, 0.15) is 37.7 Å². The number of piperidine rings is 1. The van der Waals surface area contributed by atoms with Gasteiger partial charge in [0.1, 0.15) is 0 Å². The van der Waals surface area contributed by atoms with Crippen molar-refractivity contribution in [2.24, 2.45) is 11.8 Å². The fourth-order valence-electron chi connectivity index (χ4n) is 4.24. The molecule has 0 N–H and O–H groups in total. The van der Waals surface area contributed by atoms with Crippen LogP contribution in [0.2, 0.25) is 5.02 Å². The predicted octanol–water partition coefficient (Wildman–Crippen LogP) is 4.37. The van der Waals surface area contributed by atoms with E-state index in [4.69, 9.17) is 11.6 Å². The van der Waals surface area contributed by atoms with E-state index in [1.165, 1.54) is 37.9 Å². The Balaban J connectivity index is 1.43. The number of hydrogen-bond acceptors (Lipinski definition) is 2. The van der Waals surface area contributed by atoms with E-state index in [1.807, 2.05) is 18.2 Å². The quantitative estimate of drug-likeness (QED) is 0.703. The van der Waals surface area contributed by atoms with Gasteiger partial charge in [-0.1, -0.05) is 29.8 Å². The highest BCUT2D eigenvalue weighted by molar-refractivity contribution is 6.30. The average Bonchev–Trinajstić information content (AvgIpc) is 3.10. The summed E-state index contributed by atoms with van der Waals surface area (Å²) in [5, 5.41) is 0.803. The molecule has 2 heterocycles. The first-order valence-electron chi connectivity index (χ1n) is 9.51. The van der Waals surface area contributed by atoms with Crippen LogP contribution in [0.15, 0.2) is 36.9 Å². The minimum atomic E-state index is 0.300. The van der Waals surface area contributed by atoms with Crippen LogP contribution >= 0.6 is 11.6 Å². The van der Waals surface area contributed by atoms with Gasteiger partial charge in [0, 0.05) is 37.6 Å². The topological polar surface area (TPSA) is 23.6 Å². The molecule has 136 valence electrons. The zero-order chi connectivity index (χ0) is 17.6. The standard InChI is InChI=1S/C21H29ClN2O/c1-2-3-4-21(25)24-13-10-18(11-14-24)19-9-12-23(16-19)15-17-5-7-20(22)8-6-17/h2,5-8,18-19H,1,3-4,9-16H2. The van der Waals surface area contributed by atoms with Crippen molar-refractivity contribution in [3.05, 3.63) is 47.5 Å². The van der Waals surface area contributed by atoms with Gasteiger partial charge in [-0.25, -0.2) is 0 Å². The molecule has 3 nitrogen and oxygen atoms in total. The summed E-state index contributed by atoms with van der Waals surface area (Å²) >= 11 is 5.97. The Morgan fingerprint density at radius 2 is 1.80 bits per heavy atom. The van der Waals surface area contributed by atoms with Gasteiger partial charge in [-0.15, -0.1) is 6.58 Å². The molecule has 1 unspecified atom stereocenters. The Hall–Kier alpha value is -1.32. The highest BCUT2D eigenvalue weighted by Crippen LogP contribution is 2.32. The molecule has 1 aromatic rings. The fraction of sp³-hybridized carbons (Fsp3) is 0.571. The Bertz CT molecular complexity index is 578. The lowest BCUT2D eigenvalue weighted by atomic mass is 9.83. The van der Waals surface area contributed by atoms with Crippen LogP contribution in [-0.4, -0.2) is 41.9 Å². The number of amides is 1. The Morgan fingerprint density at radius 3 is 2.48 bits per heavy atom. The zero-order valence-corrected chi connectivity index (χ0v) is 15.8. The lowest BCUT2D eigenvalue weighted by Gasteiger charge is -2.35. The SMILES string of the molecule is C=CCCC(=O)N1CCC(C2CCN(Cc3ccc(Cl)cc3)C2)CC1. The molecule has 1 amide bonds. The molecule has 0 aliphatic carbocycles. The molecule has 2 aliphatic rings. The van der Waals surface area contributed by atoms with Crippen molar-refractivity contribution in [3.8, 4) is 0 Å². The summed E-state index contributed by atoms with van der Waals surface area (Å²) in [6.45, 7) is 8.98. The molecule has 0 saturated carbocycles. The third-order valence-corrected chi connectivity index (χ3v) is 6.00. The van der Waals surface area contributed by atoms with Gasteiger partial charge in [0.2, 0.25) is 5.91 Å². The number of hydrogen-bond donors (Lipinski definition) is 0. The van der Waals surface area contributed by atoms with E-state index < -0.39 is 0 Å². The highest BCUT2D eigenvalue weighted by Gasteiger charge is 2.32. The number of rotatable bonds is 6. The van der Waals surface area contributed by atoms with Crippen molar-refractivity contribution in [2.45, 2.75) is 38.6 Å². The van der Waals surface area contributed by atoms with E-state index >= 15 is 0 Å². The van der Waals surface area contributed by atoms with Gasteiger partial charge in [0.05, 0.1) is 0 Å². The van der Waals surface area contributed by atoms with Crippen LogP contribution in [0.4, 0.5) is 0 Å². The maximum atomic E-state index is 12.1. The van der Waals surface area contributed by atoms with Crippen LogP contribution in [0.25, 0.3) is 0 Å². The second-order valence-electron chi connectivity index (χ2n) is 7.46. The van der Waals surface area contributed by atoms with E-state index in [9.17, 15) is 4.79 Å². The van der Waals surface area contributed by atoms with Crippen molar-refractivity contribution < 1.29 is 4.79 Å². The summed E-state index contributed by atoms with van der Waals surface area (Å²) in [6.07, 6.45) is 6.87. The number of benzene rings is 1. The van der Waals surface area contributed by atoms with E-state index in [2.05, 4.69) is 28.5 Å². The maximum Gasteiger partial charge on any atom is 0.222 e. The van der Waals surface area contributed by atoms with E-state index in [0.717, 1.165) is 42.9 Å². The Kier molecular flexibility index (Phi) is 6.55. The van der Waals surface area contributed by atoms with Crippen molar-refractivity contribution in [1.29, 1.82) is 0 Å². The van der Waals surface area contributed by atoms with Gasteiger partial charge < -0.3 is 4.90 Å². The van der Waals surface area contributed by atoms with Gasteiger partial charge in [-0.3, -0.25) is 9.69 Å². The predicted molar refractivity (Wildman–Crippen MR) is 104 cm³/mol. The Labute approximate surface area is 156 Å². The van der Waals surface area contributed by atoms with Gasteiger partial charge >= 0.3 is 0 Å². The largest absolute Gasteiger partial charge is 0.343 e. The average molecular weight is 361 g/mol. The summed E-state index contributed by atoms with van der Waals surface area (Å²) < 4.78 is 0. The summed E-state index contributed by atoms with van der Waals surface area (Å²) in [6, 6.07) is 8.21. The molecule has 25 heavy (non-hydrogen) atoms. The molecule has 0 aromatic heterocycles. The summed E-state index contributed by atoms with van der Waals surface area (Å²) in [5.74, 6) is 1.87. The minimum absolute atomic E-state index is 0.300. The Morgan fingerprint density at radius 1 is 1.12 bits per heavy atom. The lowest BCUT2D eigenvalue weighted by molar-refractivity contribution is -0.132. The van der Waals surface area contributed by atoms with Crippen LogP contribution in [0.3, 0.4) is 0 Å². The summed E-state index contributed by atoms with van der Waals surface area (Å²) in [7, 11) is 0. The van der Waals surface area contributed by atoms with Crippen LogP contribution in [-0.2, 0) is 11.3 Å². The first-order chi connectivity index (χ1) is 12.2. The number of halogens is 1. The molecule has 0 bridgehead atoms. The molecule has 3 rings (SSSR count). The molecule has 0 radical (unpaired) electrons. The number of carbonyl (C=O) groups is 1. The van der Waals surface area contributed by atoms with E-state index in [1.54, 1.807) is 0 Å². The molecule has 2 fully saturated rings. The second kappa shape index (κ2) is 8.86. The lowest BCUT2D eigenvalue weighted by Crippen LogP contribution is -2.40. The molecular formula is C21H29ClN2O. The van der Waals surface area contributed by atoms with Crippen molar-refractivity contribution in [2.75, 3.05) is 26.2 Å². The first-order valence-corrected chi connectivity index (χ1v) is 9.89. The van der Waals surface area contributed by atoms with Crippen molar-refractivity contribution in [1.82, 2.24) is 9.80 Å². The van der Waals surface area contributed by atoms with Gasteiger partial charge in [-0.2, -0.15) is 0 Å². The molecule has 1 atom stereocenters. The smallest absolute Gasteiger partial charge is 0.222 e. The molecule has 2 saturated heterocycles. The van der Waals surface area contributed by atoms with E-state index in [0.29, 0.717) is 12.3 Å². The number of allylic oxidation sites excluding steroid dienone is 1. The first kappa shape index (κ1) is 18.5. The van der Waals surface area contributed by atoms with Crippen molar-refractivity contribution in [3.63, 3.8) is 0 Å². The normalized spacial score (nSPS) is 22.3. The minimum Gasteiger partial charge on any atom is -0.343 e. The molecular weight excluding hydrogens is 332 g/mol. The molecule has 2 aliphatic heterocycles. The third kappa shape index (κ3) is 5.08. The van der Waals surface area contributed by atoms with Crippen LogP contribution in [0, 0.1) is 11.8 Å².